The Morgan fingerprint density at radius 2 is 1.62 bits per heavy atom. The molecule has 4 rings (SSSR count). The van der Waals surface area contributed by atoms with Crippen LogP contribution < -0.4 is 14.2 Å². The van der Waals surface area contributed by atoms with Gasteiger partial charge < -0.3 is 14.4 Å². The van der Waals surface area contributed by atoms with Gasteiger partial charge in [-0.2, -0.15) is 0 Å². The van der Waals surface area contributed by atoms with E-state index in [0.717, 1.165) is 5.56 Å². The third-order valence-corrected chi connectivity index (χ3v) is 6.53. The second-order valence-corrected chi connectivity index (χ2v) is 9.39. The van der Waals surface area contributed by atoms with Crippen molar-refractivity contribution in [3.63, 3.8) is 0 Å². The molecule has 0 saturated heterocycles. The van der Waals surface area contributed by atoms with Gasteiger partial charge in [-0.3, -0.25) is 9.52 Å². The fourth-order valence-corrected chi connectivity index (χ4v) is 4.45. The second kappa shape index (κ2) is 9.10. The maximum atomic E-state index is 12.8. The fourth-order valence-electron chi connectivity index (χ4n) is 3.26. The lowest BCUT2D eigenvalue weighted by Gasteiger charge is -2.21. The Balaban J connectivity index is 1.43. The van der Waals surface area contributed by atoms with Gasteiger partial charge in [0.05, 0.1) is 4.90 Å². The predicted molar refractivity (Wildman–Crippen MR) is 122 cm³/mol. The standard InChI is InChI=1S/C23H21ClN2O5S/c1-26(15-16-2-11-21-22(14-16)31-13-12-30-21)23(27)17-3-9-20(10-4-17)32(28,29)25-19-7-5-18(24)6-8-19/h2-11,14,25H,12-13,15H2,1H3. The molecule has 1 heterocycles. The zero-order valence-corrected chi connectivity index (χ0v) is 18.8. The molecule has 7 nitrogen and oxygen atoms in total. The number of fused-ring (bicyclic) bond motifs is 1. The van der Waals surface area contributed by atoms with Gasteiger partial charge in [-0.25, -0.2) is 8.42 Å². The third-order valence-electron chi connectivity index (χ3n) is 4.88. The van der Waals surface area contributed by atoms with Crippen LogP contribution >= 0.6 is 11.6 Å². The number of nitrogens with one attached hydrogen (secondary N) is 1. The van der Waals surface area contributed by atoms with Gasteiger partial charge in [0.2, 0.25) is 0 Å². The van der Waals surface area contributed by atoms with Crippen molar-refractivity contribution in [1.29, 1.82) is 0 Å². The summed E-state index contributed by atoms with van der Waals surface area (Å²) in [6.45, 7) is 1.38. The van der Waals surface area contributed by atoms with Gasteiger partial charge in [0.25, 0.3) is 15.9 Å². The molecule has 0 aromatic heterocycles. The zero-order chi connectivity index (χ0) is 22.7. The Morgan fingerprint density at radius 1 is 0.969 bits per heavy atom. The number of amides is 1. The molecule has 1 amide bonds. The van der Waals surface area contributed by atoms with Crippen molar-refractivity contribution in [3.8, 4) is 11.5 Å². The summed E-state index contributed by atoms with van der Waals surface area (Å²) in [7, 11) is -2.10. The van der Waals surface area contributed by atoms with Gasteiger partial charge in [-0.05, 0) is 66.2 Å². The maximum absolute atomic E-state index is 12.8. The van der Waals surface area contributed by atoms with Crippen LogP contribution in [0.5, 0.6) is 11.5 Å². The molecule has 1 N–H and O–H groups in total. The molecular formula is C23H21ClN2O5S. The van der Waals surface area contributed by atoms with Crippen LogP contribution in [0.2, 0.25) is 5.02 Å². The van der Waals surface area contributed by atoms with E-state index >= 15 is 0 Å². The summed E-state index contributed by atoms with van der Waals surface area (Å²) in [5, 5.41) is 0.510. The number of carbonyl (C=O) groups is 1. The van der Waals surface area contributed by atoms with Gasteiger partial charge in [0.1, 0.15) is 13.2 Å². The Bertz CT molecular complexity index is 1230. The summed E-state index contributed by atoms with van der Waals surface area (Å²) in [5.74, 6) is 1.13. The maximum Gasteiger partial charge on any atom is 0.261 e. The van der Waals surface area contributed by atoms with Crippen LogP contribution in [0.25, 0.3) is 0 Å². The smallest absolute Gasteiger partial charge is 0.261 e. The largest absolute Gasteiger partial charge is 0.486 e. The number of halogens is 1. The number of ether oxygens (including phenoxy) is 2. The molecule has 9 heteroatoms. The van der Waals surface area contributed by atoms with Gasteiger partial charge in [0, 0.05) is 29.9 Å². The van der Waals surface area contributed by atoms with E-state index in [0.29, 0.717) is 47.5 Å². The molecule has 166 valence electrons. The highest BCUT2D eigenvalue weighted by molar-refractivity contribution is 7.92. The monoisotopic (exact) mass is 472 g/mol. The van der Waals surface area contributed by atoms with Crippen LogP contribution in [0.15, 0.2) is 71.6 Å². The van der Waals surface area contributed by atoms with E-state index < -0.39 is 10.0 Å². The first-order valence-corrected chi connectivity index (χ1v) is 11.7. The number of hydrogen-bond acceptors (Lipinski definition) is 5. The Morgan fingerprint density at radius 3 is 2.31 bits per heavy atom. The Kier molecular flexibility index (Phi) is 6.25. The molecule has 0 fully saturated rings. The van der Waals surface area contributed by atoms with E-state index in [4.69, 9.17) is 21.1 Å². The topological polar surface area (TPSA) is 84.9 Å². The normalized spacial score (nSPS) is 12.8. The van der Waals surface area contributed by atoms with E-state index in [1.807, 2.05) is 18.2 Å². The quantitative estimate of drug-likeness (QED) is 0.581. The number of benzene rings is 3. The highest BCUT2D eigenvalue weighted by Gasteiger charge is 2.18. The van der Waals surface area contributed by atoms with Crippen molar-refractivity contribution in [2.75, 3.05) is 25.0 Å². The summed E-state index contributed by atoms with van der Waals surface area (Å²) >= 11 is 5.83. The fraction of sp³-hybridized carbons (Fsp3) is 0.174. The van der Waals surface area contributed by atoms with E-state index in [1.54, 1.807) is 36.2 Å². The number of anilines is 1. The van der Waals surface area contributed by atoms with Crippen molar-refractivity contribution in [3.05, 3.63) is 82.9 Å². The lowest BCUT2D eigenvalue weighted by Crippen LogP contribution is -2.26. The first-order valence-electron chi connectivity index (χ1n) is 9.84. The molecule has 0 saturated carbocycles. The first-order chi connectivity index (χ1) is 15.3. The number of carbonyl (C=O) groups excluding carboxylic acids is 1. The highest BCUT2D eigenvalue weighted by atomic mass is 35.5. The van der Waals surface area contributed by atoms with Crippen molar-refractivity contribution < 1.29 is 22.7 Å². The lowest BCUT2D eigenvalue weighted by molar-refractivity contribution is 0.0784. The van der Waals surface area contributed by atoms with Crippen LogP contribution in [0, 0.1) is 0 Å². The van der Waals surface area contributed by atoms with E-state index in [1.165, 1.54) is 24.3 Å². The Hall–Kier alpha value is -3.23. The molecule has 1 aliphatic rings. The molecule has 32 heavy (non-hydrogen) atoms. The Labute approximate surface area is 191 Å². The molecule has 1 aliphatic heterocycles. The molecule has 0 unspecified atom stereocenters. The average Bonchev–Trinajstić information content (AvgIpc) is 2.80. The van der Waals surface area contributed by atoms with Crippen molar-refractivity contribution >= 4 is 33.2 Å². The van der Waals surface area contributed by atoms with Crippen molar-refractivity contribution in [2.45, 2.75) is 11.4 Å². The molecule has 0 aliphatic carbocycles. The molecule has 3 aromatic rings. The summed E-state index contributed by atoms with van der Waals surface area (Å²) in [6, 6.07) is 17.7. The summed E-state index contributed by atoms with van der Waals surface area (Å²) in [6.07, 6.45) is 0. The molecule has 3 aromatic carbocycles. The minimum Gasteiger partial charge on any atom is -0.486 e. The average molecular weight is 473 g/mol. The van der Waals surface area contributed by atoms with Gasteiger partial charge in [-0.1, -0.05) is 17.7 Å². The minimum absolute atomic E-state index is 0.0542. The summed E-state index contributed by atoms with van der Waals surface area (Å²) < 4.78 is 38.8. The van der Waals surface area contributed by atoms with Crippen LogP contribution in [-0.4, -0.2) is 39.5 Å². The molecule has 0 radical (unpaired) electrons. The highest BCUT2D eigenvalue weighted by Crippen LogP contribution is 2.31. The SMILES string of the molecule is CN(Cc1ccc2c(c1)OCCO2)C(=O)c1ccc(S(=O)(=O)Nc2ccc(Cl)cc2)cc1. The van der Waals surface area contributed by atoms with Gasteiger partial charge in [0.15, 0.2) is 11.5 Å². The summed E-state index contributed by atoms with van der Waals surface area (Å²) in [4.78, 5) is 14.4. The van der Waals surface area contributed by atoms with Crippen LogP contribution in [0.1, 0.15) is 15.9 Å². The van der Waals surface area contributed by atoms with Crippen molar-refractivity contribution in [2.24, 2.45) is 0 Å². The second-order valence-electron chi connectivity index (χ2n) is 7.28. The number of sulfonamides is 1. The predicted octanol–water partition coefficient (Wildman–Crippen LogP) is 4.18. The molecule has 0 spiro atoms. The third kappa shape index (κ3) is 4.98. The van der Waals surface area contributed by atoms with Gasteiger partial charge in [-0.15, -0.1) is 0 Å². The zero-order valence-electron chi connectivity index (χ0n) is 17.2. The van der Waals surface area contributed by atoms with Gasteiger partial charge >= 0.3 is 0 Å². The van der Waals surface area contributed by atoms with Crippen molar-refractivity contribution in [1.82, 2.24) is 4.90 Å². The van der Waals surface area contributed by atoms with Crippen LogP contribution in [-0.2, 0) is 16.6 Å². The lowest BCUT2D eigenvalue weighted by atomic mass is 10.1. The van der Waals surface area contributed by atoms with Crippen LogP contribution in [0.4, 0.5) is 5.69 Å². The number of hydrogen-bond donors (Lipinski definition) is 1. The molecular weight excluding hydrogens is 452 g/mol. The summed E-state index contributed by atoms with van der Waals surface area (Å²) in [5.41, 5.74) is 1.68. The van der Waals surface area contributed by atoms with E-state index in [2.05, 4.69) is 4.72 Å². The van der Waals surface area contributed by atoms with E-state index in [-0.39, 0.29) is 10.8 Å². The number of rotatable bonds is 6. The van der Waals surface area contributed by atoms with Crippen LogP contribution in [0.3, 0.4) is 0 Å². The minimum atomic E-state index is -3.79. The number of nitrogens with zero attached hydrogens (tertiary/aromatic N) is 1. The first kappa shape index (κ1) is 22.0. The molecule has 0 atom stereocenters. The van der Waals surface area contributed by atoms with E-state index in [9.17, 15) is 13.2 Å². The molecule has 0 bridgehead atoms.